The summed E-state index contributed by atoms with van der Waals surface area (Å²) in [5, 5.41) is 0. The lowest BCUT2D eigenvalue weighted by molar-refractivity contribution is -0.0278. The Morgan fingerprint density at radius 3 is 2.55 bits per heavy atom. The van der Waals surface area contributed by atoms with Crippen LogP contribution in [0.15, 0.2) is 11.6 Å². The molecule has 62 valence electrons. The summed E-state index contributed by atoms with van der Waals surface area (Å²) in [7, 11) is 0. The fraction of sp³-hybridized carbons (Fsp3) is 0.818. The van der Waals surface area contributed by atoms with Crippen molar-refractivity contribution in [3.8, 4) is 0 Å². The highest BCUT2D eigenvalue weighted by Crippen LogP contribution is 2.60. The van der Waals surface area contributed by atoms with Crippen LogP contribution >= 0.6 is 0 Å². The second kappa shape index (κ2) is 2.12. The van der Waals surface area contributed by atoms with Crippen LogP contribution in [0.1, 0.15) is 40.0 Å². The summed E-state index contributed by atoms with van der Waals surface area (Å²) in [6.07, 6.45) is 6.66. The van der Waals surface area contributed by atoms with E-state index in [4.69, 9.17) is 0 Å². The fourth-order valence-corrected chi connectivity index (χ4v) is 3.00. The van der Waals surface area contributed by atoms with Crippen LogP contribution in [0.5, 0.6) is 0 Å². The molecule has 0 aromatic carbocycles. The zero-order chi connectivity index (χ0) is 8.06. The first kappa shape index (κ1) is 7.39. The predicted octanol–water partition coefficient (Wildman–Crippen LogP) is 3.39. The summed E-state index contributed by atoms with van der Waals surface area (Å²) in [6.45, 7) is 7.08. The second-order valence-corrected chi connectivity index (χ2v) is 4.71. The van der Waals surface area contributed by atoms with Crippen molar-refractivity contribution in [1.29, 1.82) is 0 Å². The van der Waals surface area contributed by atoms with Gasteiger partial charge < -0.3 is 0 Å². The molecule has 2 atom stereocenters. The lowest BCUT2D eigenvalue weighted by atomic mass is 9.47. The van der Waals surface area contributed by atoms with E-state index in [2.05, 4.69) is 26.8 Å². The minimum atomic E-state index is 0.639. The average Bonchev–Trinajstić information content (AvgIpc) is 2.04. The van der Waals surface area contributed by atoms with Gasteiger partial charge in [0.15, 0.2) is 0 Å². The van der Waals surface area contributed by atoms with Gasteiger partial charge in [0, 0.05) is 0 Å². The first-order valence-electron chi connectivity index (χ1n) is 4.81. The fourth-order valence-electron chi connectivity index (χ4n) is 3.00. The molecule has 0 aromatic heterocycles. The Bertz CT molecular complexity index is 196. The van der Waals surface area contributed by atoms with Gasteiger partial charge >= 0.3 is 0 Å². The van der Waals surface area contributed by atoms with Crippen LogP contribution in [0, 0.1) is 17.3 Å². The van der Waals surface area contributed by atoms with Crippen LogP contribution in [0.4, 0.5) is 0 Å². The summed E-state index contributed by atoms with van der Waals surface area (Å²) < 4.78 is 0. The van der Waals surface area contributed by atoms with Gasteiger partial charge in [0.05, 0.1) is 0 Å². The van der Waals surface area contributed by atoms with Gasteiger partial charge in [-0.05, 0) is 43.4 Å². The molecule has 0 radical (unpaired) electrons. The van der Waals surface area contributed by atoms with E-state index in [1.807, 2.05) is 0 Å². The largest absolute Gasteiger partial charge is 0.0882 e. The van der Waals surface area contributed by atoms with Crippen LogP contribution < -0.4 is 0 Å². The lowest BCUT2D eigenvalue weighted by Crippen LogP contribution is -2.49. The Kier molecular flexibility index (Phi) is 1.42. The third-order valence-corrected chi connectivity index (χ3v) is 4.07. The van der Waals surface area contributed by atoms with E-state index in [-0.39, 0.29) is 0 Å². The van der Waals surface area contributed by atoms with Gasteiger partial charge in [-0.1, -0.05) is 25.5 Å². The quantitative estimate of drug-likeness (QED) is 0.464. The van der Waals surface area contributed by atoms with E-state index in [1.54, 1.807) is 5.57 Å². The molecule has 3 rings (SSSR count). The first-order valence-corrected chi connectivity index (χ1v) is 4.81. The molecular weight excluding hydrogens is 132 g/mol. The van der Waals surface area contributed by atoms with E-state index in [0.29, 0.717) is 5.41 Å². The van der Waals surface area contributed by atoms with Crippen molar-refractivity contribution in [1.82, 2.24) is 0 Å². The molecule has 0 amide bonds. The molecular formula is C11H18. The molecule has 0 unspecified atom stereocenters. The molecule has 0 heterocycles. The standard InChI is InChI=1S/C11H18/c1-4-8-5-6-9-7-10(8)11(9,2)3/h4,9-10H,5-7H2,1-3H3/b8-4-/t9-,10-/m0/s1. The van der Waals surface area contributed by atoms with E-state index in [9.17, 15) is 0 Å². The monoisotopic (exact) mass is 150 g/mol. The molecule has 2 bridgehead atoms. The third kappa shape index (κ3) is 0.816. The van der Waals surface area contributed by atoms with Gasteiger partial charge in [-0.25, -0.2) is 0 Å². The van der Waals surface area contributed by atoms with Crippen LogP contribution in [0.25, 0.3) is 0 Å². The molecule has 11 heavy (non-hydrogen) atoms. The van der Waals surface area contributed by atoms with E-state index in [1.165, 1.54) is 19.3 Å². The minimum Gasteiger partial charge on any atom is -0.0882 e. The van der Waals surface area contributed by atoms with Crippen molar-refractivity contribution in [3.05, 3.63) is 11.6 Å². The predicted molar refractivity (Wildman–Crippen MR) is 48.4 cm³/mol. The summed E-state index contributed by atoms with van der Waals surface area (Å²) in [5.74, 6) is 1.97. The lowest BCUT2D eigenvalue weighted by Gasteiger charge is -2.57. The van der Waals surface area contributed by atoms with Crippen LogP contribution in [-0.4, -0.2) is 0 Å². The summed E-state index contributed by atoms with van der Waals surface area (Å²) in [5.41, 5.74) is 2.37. The van der Waals surface area contributed by atoms with Crippen molar-refractivity contribution in [3.63, 3.8) is 0 Å². The Labute approximate surface area is 69.7 Å². The van der Waals surface area contributed by atoms with Crippen LogP contribution in [0.2, 0.25) is 0 Å². The smallest absolute Gasteiger partial charge is 0.0146 e. The average molecular weight is 150 g/mol. The first-order chi connectivity index (χ1) is 5.16. The van der Waals surface area contributed by atoms with Crippen LogP contribution in [-0.2, 0) is 0 Å². The number of hydrogen-bond donors (Lipinski definition) is 0. The SMILES string of the molecule is C/C=C1/CC[C@H]2C[C@@H]1C2(C)C. The van der Waals surface area contributed by atoms with Gasteiger partial charge in [0.2, 0.25) is 0 Å². The zero-order valence-corrected chi connectivity index (χ0v) is 7.85. The van der Waals surface area contributed by atoms with E-state index < -0.39 is 0 Å². The topological polar surface area (TPSA) is 0 Å². The number of fused-ring (bicyclic) bond motifs is 2. The molecule has 3 aliphatic rings. The van der Waals surface area contributed by atoms with Crippen molar-refractivity contribution in [2.75, 3.05) is 0 Å². The van der Waals surface area contributed by atoms with Gasteiger partial charge in [-0.2, -0.15) is 0 Å². The molecule has 0 spiro atoms. The highest BCUT2D eigenvalue weighted by Gasteiger charge is 2.51. The zero-order valence-electron chi connectivity index (χ0n) is 7.85. The second-order valence-electron chi connectivity index (χ2n) is 4.71. The Morgan fingerprint density at radius 2 is 2.18 bits per heavy atom. The van der Waals surface area contributed by atoms with E-state index >= 15 is 0 Å². The third-order valence-electron chi connectivity index (χ3n) is 4.07. The molecule has 0 aromatic rings. The van der Waals surface area contributed by atoms with Crippen molar-refractivity contribution < 1.29 is 0 Å². The highest BCUT2D eigenvalue weighted by atomic mass is 14.6. The Balaban J connectivity index is 2.23. The van der Waals surface area contributed by atoms with Gasteiger partial charge in [0.25, 0.3) is 0 Å². The Hall–Kier alpha value is -0.260. The maximum Gasteiger partial charge on any atom is -0.0146 e. The van der Waals surface area contributed by atoms with Gasteiger partial charge in [-0.3, -0.25) is 0 Å². The molecule has 3 saturated carbocycles. The maximum atomic E-state index is 2.44. The maximum absolute atomic E-state index is 2.44. The van der Waals surface area contributed by atoms with Crippen molar-refractivity contribution in [2.24, 2.45) is 17.3 Å². The number of hydrogen-bond acceptors (Lipinski definition) is 0. The Morgan fingerprint density at radius 1 is 1.45 bits per heavy atom. The molecule has 3 fully saturated rings. The summed E-state index contributed by atoms with van der Waals surface area (Å²) in [6, 6.07) is 0. The van der Waals surface area contributed by atoms with Gasteiger partial charge in [0.1, 0.15) is 0 Å². The molecule has 0 nitrogen and oxygen atoms in total. The summed E-state index contributed by atoms with van der Waals surface area (Å²) >= 11 is 0. The summed E-state index contributed by atoms with van der Waals surface area (Å²) in [4.78, 5) is 0. The minimum absolute atomic E-state index is 0.639. The van der Waals surface area contributed by atoms with Crippen LogP contribution in [0.3, 0.4) is 0 Å². The van der Waals surface area contributed by atoms with Crippen molar-refractivity contribution in [2.45, 2.75) is 40.0 Å². The molecule has 0 N–H and O–H groups in total. The normalized spacial score (nSPS) is 43.7. The molecule has 0 heteroatoms. The van der Waals surface area contributed by atoms with Gasteiger partial charge in [-0.15, -0.1) is 0 Å². The molecule has 0 aliphatic heterocycles. The van der Waals surface area contributed by atoms with Crippen molar-refractivity contribution >= 4 is 0 Å². The number of rotatable bonds is 0. The van der Waals surface area contributed by atoms with E-state index in [0.717, 1.165) is 11.8 Å². The molecule has 3 aliphatic carbocycles. The molecule has 0 saturated heterocycles. The number of allylic oxidation sites excluding steroid dienone is 2. The highest BCUT2D eigenvalue weighted by molar-refractivity contribution is 5.20.